The molecule has 0 aliphatic rings. The number of hydrazine groups is 1. The zero-order chi connectivity index (χ0) is 14.0. The molecule has 0 bridgehead atoms. The van der Waals surface area contributed by atoms with E-state index in [1.165, 1.54) is 11.8 Å². The fourth-order valence-electron chi connectivity index (χ4n) is 1.35. The Kier molecular flexibility index (Phi) is 3.72. The minimum atomic E-state index is -0.156. The maximum atomic E-state index is 5.44. The lowest BCUT2D eigenvalue weighted by molar-refractivity contribution is 0.539. The summed E-state index contributed by atoms with van der Waals surface area (Å²) in [6, 6.07) is 1.77. The molecule has 102 valence electrons. The molecule has 0 unspecified atom stereocenters. The number of nitrogens with zero attached hydrogens (tertiary/aromatic N) is 4. The van der Waals surface area contributed by atoms with Crippen LogP contribution in [-0.2, 0) is 5.41 Å². The number of nitrogens with one attached hydrogen (secondary N) is 2. The van der Waals surface area contributed by atoms with Gasteiger partial charge in [-0.3, -0.25) is 5.10 Å². The molecule has 2 aromatic heterocycles. The molecule has 2 heterocycles. The number of nitrogen functional groups attached to an aromatic ring is 1. The van der Waals surface area contributed by atoms with E-state index in [9.17, 15) is 0 Å². The topological polar surface area (TPSA) is 105 Å². The first-order chi connectivity index (χ1) is 8.88. The lowest BCUT2D eigenvalue weighted by Crippen LogP contribution is -2.19. The smallest absolute Gasteiger partial charge is 0.214 e. The molecule has 2 aromatic rings. The summed E-state index contributed by atoms with van der Waals surface area (Å²) in [6.07, 6.45) is 0. The number of hydrogen-bond acceptors (Lipinski definition) is 7. The Morgan fingerprint density at radius 2 is 2.00 bits per heavy atom. The Balaban J connectivity index is 2.34. The first-order valence-electron chi connectivity index (χ1n) is 5.81. The maximum Gasteiger partial charge on any atom is 0.214 e. The van der Waals surface area contributed by atoms with Gasteiger partial charge in [0.15, 0.2) is 0 Å². The van der Waals surface area contributed by atoms with E-state index >= 15 is 0 Å². The zero-order valence-corrected chi connectivity index (χ0v) is 12.2. The highest BCUT2D eigenvalue weighted by molar-refractivity contribution is 7.99. The van der Waals surface area contributed by atoms with Crippen molar-refractivity contribution in [3.8, 4) is 0 Å². The van der Waals surface area contributed by atoms with Gasteiger partial charge in [-0.25, -0.2) is 20.8 Å². The average molecular weight is 279 g/mol. The number of aromatic amines is 1. The van der Waals surface area contributed by atoms with Gasteiger partial charge in [-0.1, -0.05) is 20.8 Å². The van der Waals surface area contributed by atoms with Gasteiger partial charge in [0.05, 0.1) is 0 Å². The van der Waals surface area contributed by atoms with Crippen LogP contribution in [0.15, 0.2) is 16.2 Å². The lowest BCUT2D eigenvalue weighted by Gasteiger charge is -2.17. The number of nitrogens with two attached hydrogens (primary N) is 1. The minimum absolute atomic E-state index is 0.156. The number of aryl methyl sites for hydroxylation is 1. The van der Waals surface area contributed by atoms with Crippen LogP contribution >= 0.6 is 11.8 Å². The summed E-state index contributed by atoms with van der Waals surface area (Å²) < 4.78 is 0. The summed E-state index contributed by atoms with van der Waals surface area (Å²) in [6.45, 7) is 8.00. The summed E-state index contributed by atoms with van der Waals surface area (Å²) >= 11 is 1.37. The first kappa shape index (κ1) is 13.8. The Bertz CT molecular complexity index is 573. The summed E-state index contributed by atoms with van der Waals surface area (Å²) in [5, 5.41) is 8.25. The van der Waals surface area contributed by atoms with E-state index in [-0.39, 0.29) is 5.41 Å². The molecule has 0 spiro atoms. The summed E-state index contributed by atoms with van der Waals surface area (Å²) in [7, 11) is 0. The third kappa shape index (κ3) is 3.42. The van der Waals surface area contributed by atoms with Crippen LogP contribution in [0.5, 0.6) is 0 Å². The molecule has 0 fully saturated rings. The lowest BCUT2D eigenvalue weighted by atomic mass is 9.96. The van der Waals surface area contributed by atoms with Crippen LogP contribution in [0.4, 0.5) is 5.82 Å². The molecule has 0 aliphatic carbocycles. The predicted molar refractivity (Wildman–Crippen MR) is 73.8 cm³/mol. The molecule has 19 heavy (non-hydrogen) atoms. The third-order valence-electron chi connectivity index (χ3n) is 2.29. The van der Waals surface area contributed by atoms with Crippen LogP contribution in [0.2, 0.25) is 0 Å². The molecule has 0 aromatic carbocycles. The van der Waals surface area contributed by atoms with Crippen molar-refractivity contribution in [1.82, 2.24) is 25.1 Å². The van der Waals surface area contributed by atoms with Gasteiger partial charge in [0.25, 0.3) is 0 Å². The van der Waals surface area contributed by atoms with Crippen LogP contribution in [0.3, 0.4) is 0 Å². The molecule has 4 N–H and O–H groups in total. The third-order valence-corrected chi connectivity index (χ3v) is 3.08. The van der Waals surface area contributed by atoms with Crippen molar-refractivity contribution >= 4 is 17.6 Å². The second-order valence-corrected chi connectivity index (χ2v) is 6.10. The Labute approximate surface area is 115 Å². The van der Waals surface area contributed by atoms with Crippen molar-refractivity contribution in [1.29, 1.82) is 0 Å². The van der Waals surface area contributed by atoms with Crippen LogP contribution in [0.1, 0.15) is 32.4 Å². The molecular formula is C11H17N7S. The van der Waals surface area contributed by atoms with E-state index in [0.717, 1.165) is 16.7 Å². The Morgan fingerprint density at radius 1 is 1.26 bits per heavy atom. The first-order valence-corrected chi connectivity index (χ1v) is 6.63. The molecular weight excluding hydrogens is 262 g/mol. The Hall–Kier alpha value is -1.67. The highest BCUT2D eigenvalue weighted by Gasteiger charge is 2.19. The van der Waals surface area contributed by atoms with Crippen molar-refractivity contribution in [3.63, 3.8) is 0 Å². The quantitative estimate of drug-likeness (QED) is 0.445. The standard InChI is InChI=1S/C11H17N7S/c1-6-13-10(18-17-6)19-8-5-7(16-12)14-9(15-8)11(2,3)4/h5H,12H2,1-4H3,(H,13,17,18)(H,14,15,16). The van der Waals surface area contributed by atoms with Crippen molar-refractivity contribution in [3.05, 3.63) is 17.7 Å². The molecule has 0 saturated carbocycles. The summed E-state index contributed by atoms with van der Waals surface area (Å²) in [5.74, 6) is 7.51. The highest BCUT2D eigenvalue weighted by atomic mass is 32.2. The average Bonchev–Trinajstić information content (AvgIpc) is 2.73. The summed E-state index contributed by atoms with van der Waals surface area (Å²) in [4.78, 5) is 13.1. The van der Waals surface area contributed by atoms with Crippen molar-refractivity contribution < 1.29 is 0 Å². The van der Waals surface area contributed by atoms with E-state index in [0.29, 0.717) is 11.0 Å². The molecule has 0 atom stereocenters. The number of hydrogen-bond donors (Lipinski definition) is 3. The fraction of sp³-hybridized carbons (Fsp3) is 0.455. The minimum Gasteiger partial charge on any atom is -0.308 e. The number of aromatic nitrogens is 5. The highest BCUT2D eigenvalue weighted by Crippen LogP contribution is 2.27. The van der Waals surface area contributed by atoms with Crippen molar-refractivity contribution in [2.45, 2.75) is 43.3 Å². The number of rotatable bonds is 3. The fourth-order valence-corrected chi connectivity index (χ4v) is 2.11. The van der Waals surface area contributed by atoms with Crippen molar-refractivity contribution in [2.24, 2.45) is 5.84 Å². The summed E-state index contributed by atoms with van der Waals surface area (Å²) in [5.41, 5.74) is 2.40. The maximum absolute atomic E-state index is 5.44. The SMILES string of the molecule is Cc1nc(Sc2cc(NN)nc(C(C)(C)C)n2)n[nH]1. The second kappa shape index (κ2) is 5.14. The van der Waals surface area contributed by atoms with Gasteiger partial charge in [-0.15, -0.1) is 5.10 Å². The van der Waals surface area contributed by atoms with Crippen LogP contribution in [0, 0.1) is 6.92 Å². The van der Waals surface area contributed by atoms with Gasteiger partial charge in [-0.05, 0) is 18.7 Å². The zero-order valence-electron chi connectivity index (χ0n) is 11.4. The largest absolute Gasteiger partial charge is 0.308 e. The molecule has 2 rings (SSSR count). The van der Waals surface area contributed by atoms with Gasteiger partial charge in [-0.2, -0.15) is 0 Å². The van der Waals surface area contributed by atoms with Crippen molar-refractivity contribution in [2.75, 3.05) is 5.43 Å². The Morgan fingerprint density at radius 3 is 2.53 bits per heavy atom. The molecule has 7 nitrogen and oxygen atoms in total. The van der Waals surface area contributed by atoms with E-state index < -0.39 is 0 Å². The van der Waals surface area contributed by atoms with Crippen LogP contribution < -0.4 is 11.3 Å². The van der Waals surface area contributed by atoms with E-state index in [4.69, 9.17) is 5.84 Å². The van der Waals surface area contributed by atoms with Gasteiger partial charge >= 0.3 is 0 Å². The molecule has 0 amide bonds. The van der Waals surface area contributed by atoms with Crippen LogP contribution in [0.25, 0.3) is 0 Å². The van der Waals surface area contributed by atoms with Gasteiger partial charge < -0.3 is 5.43 Å². The second-order valence-electron chi connectivity index (χ2n) is 5.11. The van der Waals surface area contributed by atoms with E-state index in [2.05, 4.69) is 30.6 Å². The molecule has 0 radical (unpaired) electrons. The van der Waals surface area contributed by atoms with Gasteiger partial charge in [0.2, 0.25) is 5.16 Å². The van der Waals surface area contributed by atoms with Crippen LogP contribution in [-0.4, -0.2) is 25.1 Å². The predicted octanol–water partition coefficient (Wildman–Crippen LogP) is 1.64. The normalized spacial score (nSPS) is 11.6. The molecule has 0 saturated heterocycles. The van der Waals surface area contributed by atoms with E-state index in [1.54, 1.807) is 6.07 Å². The molecule has 8 heteroatoms. The van der Waals surface area contributed by atoms with E-state index in [1.807, 2.05) is 27.7 Å². The number of H-pyrrole nitrogens is 1. The molecule has 0 aliphatic heterocycles. The monoisotopic (exact) mass is 279 g/mol. The van der Waals surface area contributed by atoms with Gasteiger partial charge in [0.1, 0.15) is 22.5 Å². The number of anilines is 1. The van der Waals surface area contributed by atoms with Gasteiger partial charge in [0, 0.05) is 11.5 Å².